The number of amides is 2. The van der Waals surface area contributed by atoms with Crippen LogP contribution in [0.3, 0.4) is 0 Å². The molecular formula is C24H16Br2Cl3FN2O2. The molecule has 4 rings (SSSR count). The highest BCUT2D eigenvalue weighted by atomic mass is 79.9. The zero-order valence-electron chi connectivity index (χ0n) is 17.5. The first kappa shape index (κ1) is 25.5. The highest BCUT2D eigenvalue weighted by Crippen LogP contribution is 2.65. The third-order valence-electron chi connectivity index (χ3n) is 5.56. The molecule has 0 aromatic heterocycles. The van der Waals surface area contributed by atoms with Crippen molar-refractivity contribution in [3.05, 3.63) is 91.6 Å². The Balaban J connectivity index is 1.53. The summed E-state index contributed by atoms with van der Waals surface area (Å²) >= 11 is 26.1. The number of carbonyl (C=O) groups excluding carboxylic acids is 2. The molecule has 3 aromatic rings. The van der Waals surface area contributed by atoms with E-state index in [-0.39, 0.29) is 16.5 Å². The molecule has 2 amide bonds. The van der Waals surface area contributed by atoms with Gasteiger partial charge >= 0.3 is 0 Å². The van der Waals surface area contributed by atoms with Crippen molar-refractivity contribution in [2.45, 2.75) is 10.3 Å². The monoisotopic (exact) mass is 646 g/mol. The van der Waals surface area contributed by atoms with Gasteiger partial charge in [-0.15, -0.1) is 23.2 Å². The van der Waals surface area contributed by atoms with E-state index < -0.39 is 27.9 Å². The van der Waals surface area contributed by atoms with Crippen LogP contribution >= 0.6 is 66.7 Å². The van der Waals surface area contributed by atoms with Gasteiger partial charge in [0.2, 0.25) is 5.91 Å². The van der Waals surface area contributed by atoms with Crippen LogP contribution in [0.5, 0.6) is 0 Å². The summed E-state index contributed by atoms with van der Waals surface area (Å²) in [6, 6.07) is 15.7. The number of alkyl halides is 2. The SMILES string of the molecule is CN(C(=O)c1cc(NC(=O)[C@H]2[C@H](c3cc(Br)cc(Br)c3)C2(Cl)Cl)ccc1Cl)c1ccc(F)cc1. The number of hydrogen-bond donors (Lipinski definition) is 1. The first-order chi connectivity index (χ1) is 16.0. The second-order valence-electron chi connectivity index (χ2n) is 7.86. The van der Waals surface area contributed by atoms with E-state index in [2.05, 4.69) is 37.2 Å². The van der Waals surface area contributed by atoms with E-state index >= 15 is 0 Å². The van der Waals surface area contributed by atoms with Crippen LogP contribution in [-0.2, 0) is 4.79 Å². The summed E-state index contributed by atoms with van der Waals surface area (Å²) in [5.41, 5.74) is 1.86. The van der Waals surface area contributed by atoms with Gasteiger partial charge in [-0.25, -0.2) is 4.39 Å². The lowest BCUT2D eigenvalue weighted by Gasteiger charge is -2.18. The van der Waals surface area contributed by atoms with E-state index in [0.29, 0.717) is 11.4 Å². The quantitative estimate of drug-likeness (QED) is 0.287. The van der Waals surface area contributed by atoms with Gasteiger partial charge < -0.3 is 10.2 Å². The summed E-state index contributed by atoms with van der Waals surface area (Å²) in [6.45, 7) is 0. The fraction of sp³-hybridized carbons (Fsp3) is 0.167. The van der Waals surface area contributed by atoms with Crippen LogP contribution in [0.25, 0.3) is 0 Å². The number of anilines is 2. The number of benzene rings is 3. The number of halogens is 6. The van der Waals surface area contributed by atoms with Gasteiger partial charge in [0.25, 0.3) is 5.91 Å². The zero-order valence-corrected chi connectivity index (χ0v) is 22.9. The Bertz CT molecular complexity index is 1270. The second-order valence-corrected chi connectivity index (χ2v) is 11.5. The van der Waals surface area contributed by atoms with Crippen molar-refractivity contribution in [1.29, 1.82) is 0 Å². The number of nitrogens with one attached hydrogen (secondary N) is 1. The van der Waals surface area contributed by atoms with Crippen LogP contribution in [0.2, 0.25) is 5.02 Å². The maximum Gasteiger partial charge on any atom is 0.259 e. The molecule has 34 heavy (non-hydrogen) atoms. The third-order valence-corrected chi connectivity index (χ3v) is 7.75. The average Bonchev–Trinajstić information content (AvgIpc) is 3.36. The predicted octanol–water partition coefficient (Wildman–Crippen LogP) is 7.81. The van der Waals surface area contributed by atoms with E-state index in [1.54, 1.807) is 13.1 Å². The lowest BCUT2D eigenvalue weighted by atomic mass is 10.1. The van der Waals surface area contributed by atoms with Crippen molar-refractivity contribution in [2.75, 3.05) is 17.3 Å². The number of hydrogen-bond acceptors (Lipinski definition) is 2. The van der Waals surface area contributed by atoms with Crippen LogP contribution in [0.15, 0.2) is 69.6 Å². The molecule has 4 nitrogen and oxygen atoms in total. The standard InChI is InChI=1S/C24H16Br2Cl3FN2O2/c1-32(17-5-2-15(30)3-6-17)23(34)18-11-16(4-7-19(18)27)31-22(33)21-20(24(21,28)29)12-8-13(25)10-14(26)9-12/h2-11,20-21H,1H3,(H,31,33)/t20-,21+/m0/s1. The maximum atomic E-state index is 13.2. The first-order valence-electron chi connectivity index (χ1n) is 9.97. The molecule has 0 unspecified atom stereocenters. The van der Waals surface area contributed by atoms with Gasteiger partial charge in [0.05, 0.1) is 16.5 Å². The largest absolute Gasteiger partial charge is 0.326 e. The Labute approximate surface area is 227 Å². The van der Waals surface area contributed by atoms with Gasteiger partial charge in [-0.3, -0.25) is 9.59 Å². The molecule has 1 aliphatic rings. The van der Waals surface area contributed by atoms with Crippen LogP contribution in [-0.4, -0.2) is 23.2 Å². The van der Waals surface area contributed by atoms with E-state index in [9.17, 15) is 14.0 Å². The van der Waals surface area contributed by atoms with Crippen LogP contribution in [0.4, 0.5) is 15.8 Å². The lowest BCUT2D eigenvalue weighted by molar-refractivity contribution is -0.117. The second kappa shape index (κ2) is 9.78. The highest BCUT2D eigenvalue weighted by Gasteiger charge is 2.67. The molecule has 0 heterocycles. The maximum absolute atomic E-state index is 13.2. The molecule has 0 radical (unpaired) electrons. The van der Waals surface area contributed by atoms with Crippen molar-refractivity contribution in [2.24, 2.45) is 5.92 Å². The minimum absolute atomic E-state index is 0.178. The number of rotatable bonds is 5. The molecule has 10 heteroatoms. The molecule has 2 atom stereocenters. The van der Waals surface area contributed by atoms with Crippen molar-refractivity contribution < 1.29 is 14.0 Å². The Morgan fingerprint density at radius 3 is 2.24 bits per heavy atom. The summed E-state index contributed by atoms with van der Waals surface area (Å²) in [7, 11) is 1.55. The van der Waals surface area contributed by atoms with E-state index in [1.807, 2.05) is 18.2 Å². The van der Waals surface area contributed by atoms with Crippen LogP contribution in [0.1, 0.15) is 21.8 Å². The molecule has 0 saturated heterocycles. The van der Waals surface area contributed by atoms with E-state index in [4.69, 9.17) is 34.8 Å². The van der Waals surface area contributed by atoms with Crippen molar-refractivity contribution >= 4 is 89.9 Å². The minimum atomic E-state index is -1.27. The Morgan fingerprint density at radius 2 is 1.62 bits per heavy atom. The molecule has 1 N–H and O–H groups in total. The summed E-state index contributed by atoms with van der Waals surface area (Å²) in [5.74, 6) is -2.29. The number of carbonyl (C=O) groups is 2. The molecule has 3 aromatic carbocycles. The Kier molecular flexibility index (Phi) is 7.32. The van der Waals surface area contributed by atoms with E-state index in [1.165, 1.54) is 41.3 Å². The fourth-order valence-electron chi connectivity index (χ4n) is 3.77. The van der Waals surface area contributed by atoms with E-state index in [0.717, 1.165) is 14.5 Å². The number of nitrogens with zero attached hydrogens (tertiary/aromatic N) is 1. The van der Waals surface area contributed by atoms with Gasteiger partial charge in [0, 0.05) is 33.3 Å². The van der Waals surface area contributed by atoms with Gasteiger partial charge in [0.1, 0.15) is 10.2 Å². The molecule has 0 bridgehead atoms. The predicted molar refractivity (Wildman–Crippen MR) is 142 cm³/mol. The molecule has 1 aliphatic carbocycles. The van der Waals surface area contributed by atoms with Gasteiger partial charge in [0.15, 0.2) is 0 Å². The van der Waals surface area contributed by atoms with Gasteiger partial charge in [-0.2, -0.15) is 0 Å². The zero-order chi connectivity index (χ0) is 24.8. The normalized spacial score (nSPS) is 18.3. The molecule has 1 saturated carbocycles. The Morgan fingerprint density at radius 1 is 1.00 bits per heavy atom. The van der Waals surface area contributed by atoms with Crippen LogP contribution in [0, 0.1) is 11.7 Å². The smallest absolute Gasteiger partial charge is 0.259 e. The van der Waals surface area contributed by atoms with Crippen molar-refractivity contribution in [3.63, 3.8) is 0 Å². The fourth-order valence-corrected chi connectivity index (χ4v) is 6.13. The first-order valence-corrected chi connectivity index (χ1v) is 12.7. The van der Waals surface area contributed by atoms with Crippen LogP contribution < -0.4 is 10.2 Å². The summed E-state index contributed by atoms with van der Waals surface area (Å²) in [4.78, 5) is 27.4. The molecule has 0 spiro atoms. The molecule has 1 fully saturated rings. The molecular weight excluding hydrogens is 633 g/mol. The topological polar surface area (TPSA) is 49.4 Å². The molecule has 176 valence electrons. The van der Waals surface area contributed by atoms with Crippen molar-refractivity contribution in [3.8, 4) is 0 Å². The summed E-state index contributed by atoms with van der Waals surface area (Å²) in [5, 5.41) is 3.00. The third kappa shape index (κ3) is 5.14. The lowest BCUT2D eigenvalue weighted by Crippen LogP contribution is -2.26. The molecule has 0 aliphatic heterocycles. The summed E-state index contributed by atoms with van der Waals surface area (Å²) < 4.78 is 13.6. The van der Waals surface area contributed by atoms with Gasteiger partial charge in [-0.05, 0) is 66.2 Å². The van der Waals surface area contributed by atoms with Crippen molar-refractivity contribution in [1.82, 2.24) is 0 Å². The van der Waals surface area contributed by atoms with Gasteiger partial charge in [-0.1, -0.05) is 43.5 Å². The Hall–Kier alpha value is -1.64. The average molecular weight is 650 g/mol. The highest BCUT2D eigenvalue weighted by molar-refractivity contribution is 9.11. The summed E-state index contributed by atoms with van der Waals surface area (Å²) in [6.07, 6.45) is 0. The minimum Gasteiger partial charge on any atom is -0.326 e.